The van der Waals surface area contributed by atoms with E-state index in [0.29, 0.717) is 17.2 Å². The molecule has 2 aromatic carbocycles. The van der Waals surface area contributed by atoms with Crippen LogP contribution < -0.4 is 10.6 Å². The highest BCUT2D eigenvalue weighted by Gasteiger charge is 2.09. The molecule has 0 saturated heterocycles. The van der Waals surface area contributed by atoms with Gasteiger partial charge in [-0.25, -0.2) is 0 Å². The molecule has 0 bridgehead atoms. The van der Waals surface area contributed by atoms with Crippen molar-refractivity contribution < 1.29 is 9.61 Å². The first kappa shape index (κ1) is 10.2. The standard InChI is InChI=1S/C12H10N2O2/c13-14(15)10-5-4-8-12(9-10)16-11-6-2-1-3-7-11/h1-3,5-9H,(H2,13,15)/q+1. The summed E-state index contributed by atoms with van der Waals surface area (Å²) in [6.45, 7) is 0. The summed E-state index contributed by atoms with van der Waals surface area (Å²) in [5.41, 5.74) is 0.299. The summed E-state index contributed by atoms with van der Waals surface area (Å²) in [7, 11) is 0. The Morgan fingerprint density at radius 2 is 1.88 bits per heavy atom. The molecule has 4 heteroatoms. The Balaban J connectivity index is 2.22. The third kappa shape index (κ3) is 2.36. The number of hydrogen-bond acceptors (Lipinski definition) is 2. The maximum absolute atomic E-state index is 10.9. The highest BCUT2D eigenvalue weighted by atomic mass is 16.5. The van der Waals surface area contributed by atoms with Crippen LogP contribution >= 0.6 is 0 Å². The lowest BCUT2D eigenvalue weighted by molar-refractivity contribution is -0.474. The minimum absolute atomic E-state index is 0.272. The number of benzene rings is 2. The number of nitrogens with zero attached hydrogens (tertiary/aromatic N) is 1. The van der Waals surface area contributed by atoms with Crippen LogP contribution in [0.25, 0.3) is 0 Å². The number of ether oxygens (including phenoxy) is 1. The zero-order chi connectivity index (χ0) is 11.4. The highest BCUT2D eigenvalue weighted by molar-refractivity contribution is 5.39. The molecule has 0 aromatic heterocycles. The van der Waals surface area contributed by atoms with Gasteiger partial charge < -0.3 is 4.74 Å². The first-order valence-corrected chi connectivity index (χ1v) is 4.72. The van der Waals surface area contributed by atoms with Crippen molar-refractivity contribution in [3.63, 3.8) is 0 Å². The molecule has 0 saturated carbocycles. The lowest BCUT2D eigenvalue weighted by Crippen LogP contribution is -2.08. The van der Waals surface area contributed by atoms with Crippen LogP contribution in [0.4, 0.5) is 5.69 Å². The summed E-state index contributed by atoms with van der Waals surface area (Å²) < 4.78 is 5.52. The molecular formula is C12H10N2O2+. The molecule has 0 aliphatic heterocycles. The van der Waals surface area contributed by atoms with E-state index >= 15 is 0 Å². The predicted molar refractivity (Wildman–Crippen MR) is 59.3 cm³/mol. The molecule has 2 rings (SSSR count). The monoisotopic (exact) mass is 214 g/mol. The van der Waals surface area contributed by atoms with Gasteiger partial charge in [-0.1, -0.05) is 18.2 Å². The summed E-state index contributed by atoms with van der Waals surface area (Å²) in [6, 6.07) is 16.7. The molecule has 1 radical (unpaired) electrons. The van der Waals surface area contributed by atoms with E-state index in [-0.39, 0.29) is 4.87 Å². The van der Waals surface area contributed by atoms with Crippen molar-refractivity contribution in [2.45, 2.75) is 0 Å². The van der Waals surface area contributed by atoms with Gasteiger partial charge in [0, 0.05) is 6.07 Å². The van der Waals surface area contributed by atoms with Crippen LogP contribution in [-0.2, 0) is 0 Å². The lowest BCUT2D eigenvalue weighted by atomic mass is 10.3. The molecular weight excluding hydrogens is 204 g/mol. The third-order valence-electron chi connectivity index (χ3n) is 1.98. The van der Waals surface area contributed by atoms with Crippen molar-refractivity contribution in [3.05, 3.63) is 59.5 Å². The molecule has 2 N–H and O–H groups in total. The summed E-state index contributed by atoms with van der Waals surface area (Å²) in [6.07, 6.45) is 0. The normalized spacial score (nSPS) is 9.75. The molecule has 0 spiro atoms. The van der Waals surface area contributed by atoms with E-state index in [1.165, 1.54) is 6.07 Å². The summed E-state index contributed by atoms with van der Waals surface area (Å²) >= 11 is 0. The molecule has 79 valence electrons. The molecule has 16 heavy (non-hydrogen) atoms. The van der Waals surface area contributed by atoms with Gasteiger partial charge in [-0.3, -0.25) is 0 Å². The average Bonchev–Trinajstić information content (AvgIpc) is 2.30. The van der Waals surface area contributed by atoms with E-state index in [0.717, 1.165) is 0 Å². The van der Waals surface area contributed by atoms with Crippen LogP contribution in [-0.4, -0.2) is 4.87 Å². The first-order valence-electron chi connectivity index (χ1n) is 4.72. The van der Waals surface area contributed by atoms with Crippen molar-refractivity contribution in [3.8, 4) is 11.5 Å². The fourth-order valence-corrected chi connectivity index (χ4v) is 1.25. The fraction of sp³-hybridized carbons (Fsp3) is 0. The lowest BCUT2D eigenvalue weighted by Gasteiger charge is -2.03. The number of hydrogen-bond donors (Lipinski definition) is 1. The zero-order valence-electron chi connectivity index (χ0n) is 8.46. The number of para-hydroxylation sites is 1. The second-order valence-corrected chi connectivity index (χ2v) is 3.17. The van der Waals surface area contributed by atoms with Gasteiger partial charge in [0.2, 0.25) is 0 Å². The fourth-order valence-electron chi connectivity index (χ4n) is 1.25. The Bertz CT molecular complexity index is 497. The zero-order valence-corrected chi connectivity index (χ0v) is 8.46. The van der Waals surface area contributed by atoms with Crippen molar-refractivity contribution in [1.29, 1.82) is 0 Å². The van der Waals surface area contributed by atoms with Crippen molar-refractivity contribution >= 4 is 5.69 Å². The minimum Gasteiger partial charge on any atom is -0.457 e. The van der Waals surface area contributed by atoms with E-state index in [2.05, 4.69) is 6.07 Å². The molecule has 0 amide bonds. The van der Waals surface area contributed by atoms with Crippen LogP contribution in [0.1, 0.15) is 0 Å². The smallest absolute Gasteiger partial charge is 0.295 e. The molecule has 0 heterocycles. The summed E-state index contributed by atoms with van der Waals surface area (Å²) in [5.74, 6) is 6.30. The quantitative estimate of drug-likeness (QED) is 0.485. The van der Waals surface area contributed by atoms with Gasteiger partial charge in [0.25, 0.3) is 5.69 Å². The number of hydrazine groups is 1. The van der Waals surface area contributed by atoms with Gasteiger partial charge in [0.05, 0.1) is 11.0 Å². The minimum atomic E-state index is 0.272. The van der Waals surface area contributed by atoms with E-state index < -0.39 is 0 Å². The predicted octanol–water partition coefficient (Wildman–Crippen LogP) is 2.56. The second kappa shape index (κ2) is 4.44. The van der Waals surface area contributed by atoms with E-state index in [9.17, 15) is 4.91 Å². The molecule has 0 aliphatic rings. The van der Waals surface area contributed by atoms with Crippen LogP contribution in [0.2, 0.25) is 0 Å². The van der Waals surface area contributed by atoms with Crippen LogP contribution in [0.3, 0.4) is 0 Å². The average molecular weight is 214 g/mol. The van der Waals surface area contributed by atoms with Gasteiger partial charge >= 0.3 is 0 Å². The maximum Gasteiger partial charge on any atom is 0.295 e. The van der Waals surface area contributed by atoms with Crippen LogP contribution in [0.5, 0.6) is 11.5 Å². The molecule has 4 nitrogen and oxygen atoms in total. The second-order valence-electron chi connectivity index (χ2n) is 3.17. The van der Waals surface area contributed by atoms with E-state index in [1.54, 1.807) is 12.1 Å². The van der Waals surface area contributed by atoms with Gasteiger partial charge in [0.1, 0.15) is 11.5 Å². The topological polar surface area (TPSA) is 55.3 Å². The molecule has 0 unspecified atom stereocenters. The van der Waals surface area contributed by atoms with Crippen molar-refractivity contribution in [1.82, 2.24) is 0 Å². The van der Waals surface area contributed by atoms with Crippen LogP contribution in [0.15, 0.2) is 48.5 Å². The SMILES string of the molecule is N[N+](=O)c1c[c]cc(Oc2ccccc2)c1. The molecule has 0 fully saturated rings. The van der Waals surface area contributed by atoms with Gasteiger partial charge in [0.15, 0.2) is 4.87 Å². The van der Waals surface area contributed by atoms with Gasteiger partial charge in [-0.2, -0.15) is 5.84 Å². The Morgan fingerprint density at radius 1 is 1.12 bits per heavy atom. The largest absolute Gasteiger partial charge is 0.457 e. The van der Waals surface area contributed by atoms with Crippen molar-refractivity contribution in [2.24, 2.45) is 5.84 Å². The Hall–Kier alpha value is -2.36. The highest BCUT2D eigenvalue weighted by Crippen LogP contribution is 2.23. The van der Waals surface area contributed by atoms with Gasteiger partial charge in [-0.05, 0) is 24.3 Å². The molecule has 0 aliphatic carbocycles. The number of nitroso groups, excluding NO2 is 1. The molecule has 2 aromatic rings. The number of rotatable bonds is 3. The first-order chi connectivity index (χ1) is 7.75. The summed E-state index contributed by atoms with van der Waals surface area (Å²) in [4.78, 5) is 11.1. The Morgan fingerprint density at radius 3 is 2.56 bits per heavy atom. The van der Waals surface area contributed by atoms with E-state index in [1.807, 2.05) is 30.3 Å². The third-order valence-corrected chi connectivity index (χ3v) is 1.98. The summed E-state index contributed by atoms with van der Waals surface area (Å²) in [5, 5.41) is 0. The number of nitrogens with two attached hydrogens (primary N) is 1. The Kier molecular flexibility index (Phi) is 2.82. The van der Waals surface area contributed by atoms with Gasteiger partial charge in [-0.15, -0.1) is 0 Å². The van der Waals surface area contributed by atoms with Crippen molar-refractivity contribution in [2.75, 3.05) is 0 Å². The maximum atomic E-state index is 10.9. The Labute approximate surface area is 92.8 Å². The molecule has 0 atom stereocenters. The van der Waals surface area contributed by atoms with E-state index in [4.69, 9.17) is 10.6 Å². The van der Waals surface area contributed by atoms with Crippen LogP contribution in [0, 0.1) is 11.0 Å².